The number of hydrogen-bond donors (Lipinski definition) is 0. The summed E-state index contributed by atoms with van der Waals surface area (Å²) in [5, 5.41) is 0. The lowest BCUT2D eigenvalue weighted by Crippen LogP contribution is -2.06. The highest BCUT2D eigenvalue weighted by atomic mass is 32.9. The first-order valence-corrected chi connectivity index (χ1v) is 9.59. The maximum atomic E-state index is 5.77. The van der Waals surface area contributed by atoms with E-state index in [0.717, 1.165) is 5.75 Å². The van der Waals surface area contributed by atoms with Crippen LogP contribution in [0.2, 0.25) is 0 Å². The molecule has 0 aliphatic carbocycles. The Kier molecular flexibility index (Phi) is 7.73. The molecule has 0 rings (SSSR count). The Morgan fingerprint density at radius 3 is 1.67 bits per heavy atom. The molecule has 0 saturated carbocycles. The summed E-state index contributed by atoms with van der Waals surface area (Å²) in [7, 11) is 0. The highest BCUT2D eigenvalue weighted by Crippen LogP contribution is 2.62. The van der Waals surface area contributed by atoms with Gasteiger partial charge in [0.25, 0.3) is 0 Å². The van der Waals surface area contributed by atoms with Crippen molar-refractivity contribution in [1.82, 2.24) is 0 Å². The second-order valence-electron chi connectivity index (χ2n) is 4.45. The van der Waals surface area contributed by atoms with Gasteiger partial charge in [0, 0.05) is 5.75 Å². The summed E-state index contributed by atoms with van der Waals surface area (Å²) in [6.45, 7) is 12.4. The molecule has 92 valence electrons. The van der Waals surface area contributed by atoms with Crippen LogP contribution in [0.1, 0.15) is 41.5 Å². The van der Waals surface area contributed by atoms with Crippen molar-refractivity contribution in [1.29, 1.82) is 0 Å². The van der Waals surface area contributed by atoms with Crippen LogP contribution >= 0.6 is 17.1 Å². The SMILES string of the molecule is CC(C)CSP(=S)(OC(C)C)OC(C)C. The van der Waals surface area contributed by atoms with Crippen LogP contribution in [0.5, 0.6) is 0 Å². The van der Waals surface area contributed by atoms with E-state index < -0.39 is 5.69 Å². The molecule has 0 radical (unpaired) electrons. The lowest BCUT2D eigenvalue weighted by molar-refractivity contribution is 0.186. The van der Waals surface area contributed by atoms with Gasteiger partial charge in [0.05, 0.1) is 12.2 Å². The predicted octanol–water partition coefficient (Wildman–Crippen LogP) is 4.45. The third kappa shape index (κ3) is 8.70. The first-order valence-electron chi connectivity index (χ1n) is 5.36. The average Bonchev–Trinajstić information content (AvgIpc) is 1.97. The van der Waals surface area contributed by atoms with Crippen molar-refractivity contribution in [3.63, 3.8) is 0 Å². The molecule has 0 atom stereocenters. The first-order chi connectivity index (χ1) is 6.75. The Morgan fingerprint density at radius 1 is 1.00 bits per heavy atom. The maximum Gasteiger partial charge on any atom is 0.247 e. The standard InChI is InChI=1S/C10H23O2PS2/c1-8(2)7-15-13(14,11-9(3)4)12-10(5)6/h8-10H,7H2,1-6H3. The lowest BCUT2D eigenvalue weighted by atomic mass is 10.3. The third-order valence-corrected chi connectivity index (χ3v) is 7.11. The van der Waals surface area contributed by atoms with E-state index in [0.29, 0.717) is 5.92 Å². The number of hydrogen-bond acceptors (Lipinski definition) is 4. The van der Waals surface area contributed by atoms with Crippen LogP contribution in [0, 0.1) is 5.92 Å². The molecule has 0 bridgehead atoms. The van der Waals surface area contributed by atoms with Crippen molar-refractivity contribution in [2.75, 3.05) is 5.75 Å². The molecular formula is C10H23O2PS2. The van der Waals surface area contributed by atoms with Crippen LogP contribution < -0.4 is 0 Å². The quantitative estimate of drug-likeness (QED) is 0.636. The summed E-state index contributed by atoms with van der Waals surface area (Å²) >= 11 is 7.17. The molecule has 5 heteroatoms. The zero-order valence-electron chi connectivity index (χ0n) is 10.5. The van der Waals surface area contributed by atoms with Gasteiger partial charge in [-0.25, -0.2) is 0 Å². The van der Waals surface area contributed by atoms with E-state index in [2.05, 4.69) is 13.8 Å². The predicted molar refractivity (Wildman–Crippen MR) is 74.0 cm³/mol. The summed E-state index contributed by atoms with van der Waals surface area (Å²) in [4.78, 5) is 0. The molecular weight excluding hydrogens is 247 g/mol. The smallest absolute Gasteiger partial charge is 0.247 e. The molecule has 0 fully saturated rings. The fourth-order valence-corrected chi connectivity index (χ4v) is 6.95. The fourth-order valence-electron chi connectivity index (χ4n) is 0.842. The van der Waals surface area contributed by atoms with E-state index in [1.54, 1.807) is 11.4 Å². The van der Waals surface area contributed by atoms with Gasteiger partial charge in [-0.2, -0.15) is 0 Å². The molecule has 0 aromatic heterocycles. The maximum absolute atomic E-state index is 5.77. The van der Waals surface area contributed by atoms with E-state index in [9.17, 15) is 0 Å². The normalized spacial score (nSPS) is 13.1. The summed E-state index contributed by atoms with van der Waals surface area (Å²) in [6, 6.07) is 0. The van der Waals surface area contributed by atoms with E-state index in [-0.39, 0.29) is 12.2 Å². The summed E-state index contributed by atoms with van der Waals surface area (Å²) in [5.74, 6) is 1.61. The molecule has 0 aromatic carbocycles. The van der Waals surface area contributed by atoms with Gasteiger partial charge in [0.1, 0.15) is 0 Å². The molecule has 2 nitrogen and oxygen atoms in total. The van der Waals surface area contributed by atoms with Crippen LogP contribution in [-0.4, -0.2) is 18.0 Å². The second-order valence-corrected chi connectivity index (χ2v) is 10.7. The summed E-state index contributed by atoms with van der Waals surface area (Å²) in [5.41, 5.74) is -2.14. The van der Waals surface area contributed by atoms with Crippen LogP contribution in [0.25, 0.3) is 0 Å². The van der Waals surface area contributed by atoms with Crippen molar-refractivity contribution in [3.05, 3.63) is 0 Å². The number of rotatable bonds is 7. The van der Waals surface area contributed by atoms with Crippen LogP contribution in [-0.2, 0) is 20.9 Å². The highest BCUT2D eigenvalue weighted by molar-refractivity contribution is 8.67. The minimum Gasteiger partial charge on any atom is -0.319 e. The van der Waals surface area contributed by atoms with Gasteiger partial charge in [-0.05, 0) is 45.4 Å². The van der Waals surface area contributed by atoms with Gasteiger partial charge in [0.15, 0.2) is 0 Å². The monoisotopic (exact) mass is 270 g/mol. The Morgan fingerprint density at radius 2 is 1.40 bits per heavy atom. The molecule has 0 N–H and O–H groups in total. The lowest BCUT2D eigenvalue weighted by Gasteiger charge is -2.26. The zero-order chi connectivity index (χ0) is 12.1. The van der Waals surface area contributed by atoms with E-state index in [1.165, 1.54) is 0 Å². The third-order valence-electron chi connectivity index (χ3n) is 1.25. The van der Waals surface area contributed by atoms with Crippen LogP contribution in [0.4, 0.5) is 0 Å². The topological polar surface area (TPSA) is 18.5 Å². The summed E-state index contributed by atoms with van der Waals surface area (Å²) in [6.07, 6.45) is 0.267. The molecule has 0 spiro atoms. The Bertz CT molecular complexity index is 203. The minimum atomic E-state index is -2.14. The van der Waals surface area contributed by atoms with Gasteiger partial charge >= 0.3 is 0 Å². The van der Waals surface area contributed by atoms with Gasteiger partial charge in [0.2, 0.25) is 5.69 Å². The zero-order valence-corrected chi connectivity index (χ0v) is 13.0. The molecule has 15 heavy (non-hydrogen) atoms. The van der Waals surface area contributed by atoms with Gasteiger partial charge in [-0.3, -0.25) is 0 Å². The van der Waals surface area contributed by atoms with Gasteiger partial charge in [-0.1, -0.05) is 25.2 Å². The van der Waals surface area contributed by atoms with E-state index in [4.69, 9.17) is 20.9 Å². The van der Waals surface area contributed by atoms with E-state index in [1.807, 2.05) is 27.7 Å². The largest absolute Gasteiger partial charge is 0.319 e. The van der Waals surface area contributed by atoms with Crippen molar-refractivity contribution in [2.24, 2.45) is 5.92 Å². The van der Waals surface area contributed by atoms with Gasteiger partial charge in [-0.15, -0.1) is 0 Å². The van der Waals surface area contributed by atoms with Crippen LogP contribution in [0.15, 0.2) is 0 Å². The molecule has 0 heterocycles. The molecule has 0 aliphatic heterocycles. The van der Waals surface area contributed by atoms with Crippen molar-refractivity contribution in [2.45, 2.75) is 53.8 Å². The van der Waals surface area contributed by atoms with E-state index >= 15 is 0 Å². The van der Waals surface area contributed by atoms with Gasteiger partial charge < -0.3 is 9.05 Å². The highest BCUT2D eigenvalue weighted by Gasteiger charge is 2.23. The molecule has 0 aliphatic rings. The molecule has 0 saturated heterocycles. The molecule has 0 aromatic rings. The van der Waals surface area contributed by atoms with Crippen LogP contribution in [0.3, 0.4) is 0 Å². The van der Waals surface area contributed by atoms with Crippen molar-refractivity contribution < 1.29 is 9.05 Å². The molecule has 0 amide bonds. The minimum absolute atomic E-state index is 0.134. The average molecular weight is 270 g/mol. The van der Waals surface area contributed by atoms with Crippen molar-refractivity contribution in [3.8, 4) is 0 Å². The Balaban J connectivity index is 4.34. The Labute approximate surface area is 103 Å². The second kappa shape index (κ2) is 7.29. The molecule has 0 unspecified atom stereocenters. The Hall–Kier alpha value is 0.920. The first kappa shape index (κ1) is 15.9. The van der Waals surface area contributed by atoms with Crippen molar-refractivity contribution >= 4 is 28.9 Å². The fraction of sp³-hybridized carbons (Fsp3) is 1.00. The summed E-state index contributed by atoms with van der Waals surface area (Å²) < 4.78 is 11.5.